The highest BCUT2D eigenvalue weighted by Crippen LogP contribution is 2.22. The molecule has 1 amide bonds. The van der Waals surface area contributed by atoms with Crippen LogP contribution in [0.4, 0.5) is 0 Å². The molecule has 4 heteroatoms. The minimum atomic E-state index is 0.00389. The number of hydrogen-bond acceptors (Lipinski definition) is 2. The molecule has 0 fully saturated rings. The van der Waals surface area contributed by atoms with Gasteiger partial charge in [-0.05, 0) is 43.9 Å². The van der Waals surface area contributed by atoms with Crippen LogP contribution in [0.15, 0.2) is 18.2 Å². The van der Waals surface area contributed by atoms with E-state index in [9.17, 15) is 4.79 Å². The lowest BCUT2D eigenvalue weighted by Gasteiger charge is -2.04. The molecule has 0 bridgehead atoms. The summed E-state index contributed by atoms with van der Waals surface area (Å²) in [5.74, 6) is 0.945. The van der Waals surface area contributed by atoms with Gasteiger partial charge in [-0.2, -0.15) is 11.8 Å². The molecule has 1 heterocycles. The van der Waals surface area contributed by atoms with E-state index < -0.39 is 0 Å². The summed E-state index contributed by atoms with van der Waals surface area (Å²) in [5.41, 5.74) is 4.19. The number of benzene rings is 1. The van der Waals surface area contributed by atoms with Crippen LogP contribution < -0.4 is 5.32 Å². The van der Waals surface area contributed by atoms with Gasteiger partial charge in [0.2, 0.25) is 0 Å². The van der Waals surface area contributed by atoms with Gasteiger partial charge in [-0.15, -0.1) is 0 Å². The lowest BCUT2D eigenvalue weighted by Crippen LogP contribution is -2.25. The van der Waals surface area contributed by atoms with E-state index in [0.717, 1.165) is 27.9 Å². The van der Waals surface area contributed by atoms with Crippen molar-refractivity contribution in [2.24, 2.45) is 0 Å². The maximum absolute atomic E-state index is 12.0. The summed E-state index contributed by atoms with van der Waals surface area (Å²) in [6.07, 6.45) is 2.03. The normalized spacial score (nSPS) is 10.8. The first-order valence-corrected chi connectivity index (χ1v) is 7.39. The van der Waals surface area contributed by atoms with Gasteiger partial charge in [0, 0.05) is 34.5 Å². The largest absolute Gasteiger partial charge is 0.358 e. The van der Waals surface area contributed by atoms with E-state index in [0.29, 0.717) is 6.54 Å². The number of aryl methyl sites for hydroxylation is 2. The maximum Gasteiger partial charge on any atom is 0.251 e. The Kier molecular flexibility index (Phi) is 3.97. The Hall–Kier alpha value is -1.42. The average Bonchev–Trinajstić information content (AvgIpc) is 2.65. The molecule has 0 radical (unpaired) electrons. The molecule has 96 valence electrons. The molecule has 0 unspecified atom stereocenters. The third kappa shape index (κ3) is 2.53. The van der Waals surface area contributed by atoms with Crippen molar-refractivity contribution in [1.29, 1.82) is 0 Å². The van der Waals surface area contributed by atoms with Crippen molar-refractivity contribution < 1.29 is 4.79 Å². The fraction of sp³-hybridized carbons (Fsp3) is 0.357. The average molecular weight is 262 g/mol. The van der Waals surface area contributed by atoms with Crippen LogP contribution in [0.2, 0.25) is 0 Å². The standard InChI is InChI=1S/C14H18N2OS/c1-9-10(2)16-13-5-4-11(8-12(9)13)14(17)15-6-7-18-3/h4-5,8,16H,6-7H2,1-3H3,(H,15,17). The molecule has 0 atom stereocenters. The fourth-order valence-corrected chi connectivity index (χ4v) is 2.28. The first-order valence-electron chi connectivity index (χ1n) is 5.99. The number of amides is 1. The molecule has 0 aliphatic carbocycles. The summed E-state index contributed by atoms with van der Waals surface area (Å²) in [5, 5.41) is 4.05. The van der Waals surface area contributed by atoms with Crippen molar-refractivity contribution >= 4 is 28.6 Å². The van der Waals surface area contributed by atoms with Gasteiger partial charge < -0.3 is 10.3 Å². The Morgan fingerprint density at radius 1 is 1.39 bits per heavy atom. The Labute approximate surface area is 111 Å². The van der Waals surface area contributed by atoms with Gasteiger partial charge >= 0.3 is 0 Å². The Morgan fingerprint density at radius 3 is 2.89 bits per heavy atom. The first-order chi connectivity index (χ1) is 8.63. The van der Waals surface area contributed by atoms with Crippen molar-refractivity contribution in [1.82, 2.24) is 10.3 Å². The number of carbonyl (C=O) groups is 1. The molecule has 0 aliphatic rings. The molecule has 18 heavy (non-hydrogen) atoms. The Balaban J connectivity index is 2.24. The molecule has 1 aromatic heterocycles. The van der Waals surface area contributed by atoms with Crippen LogP contribution in [0.3, 0.4) is 0 Å². The van der Waals surface area contributed by atoms with Gasteiger partial charge in [0.15, 0.2) is 0 Å². The van der Waals surface area contributed by atoms with Crippen molar-refractivity contribution in [3.63, 3.8) is 0 Å². The van der Waals surface area contributed by atoms with Crippen molar-refractivity contribution in [2.75, 3.05) is 18.6 Å². The minimum absolute atomic E-state index is 0.00389. The summed E-state index contributed by atoms with van der Waals surface area (Å²) in [6.45, 7) is 4.83. The molecule has 3 nitrogen and oxygen atoms in total. The summed E-state index contributed by atoms with van der Waals surface area (Å²) in [7, 11) is 0. The van der Waals surface area contributed by atoms with Gasteiger partial charge in [-0.25, -0.2) is 0 Å². The molecule has 0 spiro atoms. The zero-order chi connectivity index (χ0) is 13.1. The molecule has 0 aliphatic heterocycles. The van der Waals surface area contributed by atoms with Gasteiger partial charge in [0.25, 0.3) is 5.91 Å². The number of rotatable bonds is 4. The van der Waals surface area contributed by atoms with Gasteiger partial charge in [0.05, 0.1) is 0 Å². The molecule has 0 saturated carbocycles. The molecule has 2 N–H and O–H groups in total. The molecule has 2 aromatic rings. The third-order valence-electron chi connectivity index (χ3n) is 3.16. The lowest BCUT2D eigenvalue weighted by molar-refractivity contribution is 0.0956. The first kappa shape index (κ1) is 13.0. The minimum Gasteiger partial charge on any atom is -0.358 e. The summed E-state index contributed by atoms with van der Waals surface area (Å²) < 4.78 is 0. The van der Waals surface area contributed by atoms with E-state index in [-0.39, 0.29) is 5.91 Å². The second kappa shape index (κ2) is 5.48. The van der Waals surface area contributed by atoms with E-state index in [4.69, 9.17) is 0 Å². The smallest absolute Gasteiger partial charge is 0.251 e. The number of thioether (sulfide) groups is 1. The van der Waals surface area contributed by atoms with Crippen LogP contribution >= 0.6 is 11.8 Å². The zero-order valence-electron chi connectivity index (χ0n) is 11.0. The molecule has 2 rings (SSSR count). The van der Waals surface area contributed by atoms with E-state index in [1.54, 1.807) is 11.8 Å². The Morgan fingerprint density at radius 2 is 2.17 bits per heavy atom. The number of carbonyl (C=O) groups excluding carboxylic acids is 1. The van der Waals surface area contributed by atoms with Crippen LogP contribution in [0.5, 0.6) is 0 Å². The highest BCUT2D eigenvalue weighted by molar-refractivity contribution is 7.98. The van der Waals surface area contributed by atoms with Crippen LogP contribution in [-0.4, -0.2) is 29.4 Å². The monoisotopic (exact) mass is 262 g/mol. The molecular weight excluding hydrogens is 244 g/mol. The summed E-state index contributed by atoms with van der Waals surface area (Å²) in [4.78, 5) is 15.3. The van der Waals surface area contributed by atoms with Crippen molar-refractivity contribution in [3.05, 3.63) is 35.0 Å². The maximum atomic E-state index is 12.0. The molecular formula is C14H18N2OS. The third-order valence-corrected chi connectivity index (χ3v) is 3.77. The second-order valence-corrected chi connectivity index (χ2v) is 5.37. The highest BCUT2D eigenvalue weighted by Gasteiger charge is 2.09. The predicted octanol–water partition coefficient (Wildman–Crippen LogP) is 2.88. The van der Waals surface area contributed by atoms with Gasteiger partial charge in [-0.1, -0.05) is 0 Å². The lowest BCUT2D eigenvalue weighted by atomic mass is 10.1. The number of H-pyrrole nitrogens is 1. The topological polar surface area (TPSA) is 44.9 Å². The fourth-order valence-electron chi connectivity index (χ4n) is 1.97. The van der Waals surface area contributed by atoms with Crippen LogP contribution in [-0.2, 0) is 0 Å². The Bertz CT molecular complexity index is 574. The SMILES string of the molecule is CSCCNC(=O)c1ccc2[nH]c(C)c(C)c2c1. The van der Waals surface area contributed by atoms with E-state index in [1.165, 1.54) is 5.56 Å². The molecule has 1 aromatic carbocycles. The molecule has 0 saturated heterocycles. The van der Waals surface area contributed by atoms with Crippen molar-refractivity contribution in [2.45, 2.75) is 13.8 Å². The number of aromatic amines is 1. The van der Waals surface area contributed by atoms with Gasteiger partial charge in [-0.3, -0.25) is 4.79 Å². The number of hydrogen-bond donors (Lipinski definition) is 2. The number of nitrogens with one attached hydrogen (secondary N) is 2. The van der Waals surface area contributed by atoms with E-state index in [1.807, 2.05) is 31.4 Å². The highest BCUT2D eigenvalue weighted by atomic mass is 32.2. The zero-order valence-corrected chi connectivity index (χ0v) is 11.8. The van der Waals surface area contributed by atoms with Gasteiger partial charge in [0.1, 0.15) is 0 Å². The summed E-state index contributed by atoms with van der Waals surface area (Å²) >= 11 is 1.73. The van der Waals surface area contributed by atoms with E-state index >= 15 is 0 Å². The number of aromatic nitrogens is 1. The quantitative estimate of drug-likeness (QED) is 0.832. The number of fused-ring (bicyclic) bond motifs is 1. The predicted molar refractivity (Wildman–Crippen MR) is 78.5 cm³/mol. The van der Waals surface area contributed by atoms with E-state index in [2.05, 4.69) is 17.2 Å². The van der Waals surface area contributed by atoms with Crippen LogP contribution in [0, 0.1) is 13.8 Å². The van der Waals surface area contributed by atoms with Crippen LogP contribution in [0.25, 0.3) is 10.9 Å². The second-order valence-electron chi connectivity index (χ2n) is 4.38. The van der Waals surface area contributed by atoms with Crippen molar-refractivity contribution in [3.8, 4) is 0 Å². The van der Waals surface area contributed by atoms with Crippen LogP contribution in [0.1, 0.15) is 21.6 Å². The summed E-state index contributed by atoms with van der Waals surface area (Å²) in [6, 6.07) is 5.80.